The summed E-state index contributed by atoms with van der Waals surface area (Å²) in [6.45, 7) is 14.5. The van der Waals surface area contributed by atoms with Crippen molar-refractivity contribution in [3.63, 3.8) is 0 Å². The van der Waals surface area contributed by atoms with Crippen molar-refractivity contribution in [2.24, 2.45) is 0 Å². The Morgan fingerprint density at radius 1 is 1.29 bits per heavy atom. The molecule has 0 saturated carbocycles. The Kier molecular flexibility index (Phi) is 6.42. The van der Waals surface area contributed by atoms with Gasteiger partial charge >= 0.3 is 5.97 Å². The van der Waals surface area contributed by atoms with Gasteiger partial charge in [0, 0.05) is 12.0 Å². The molecule has 0 spiro atoms. The number of carbonyl (C=O) groups is 1. The highest BCUT2D eigenvalue weighted by molar-refractivity contribution is 5.87. The molecule has 0 aromatic carbocycles. The molecule has 0 rings (SSSR count). The van der Waals surface area contributed by atoms with Crippen LogP contribution in [0.1, 0.15) is 48.0 Å². The predicted molar refractivity (Wildman–Crippen MR) is 66.4 cm³/mol. The van der Waals surface area contributed by atoms with Crippen molar-refractivity contribution in [2.75, 3.05) is 0 Å². The van der Waals surface area contributed by atoms with Gasteiger partial charge in [-0.1, -0.05) is 6.58 Å². The van der Waals surface area contributed by atoms with Crippen LogP contribution in [0.15, 0.2) is 12.2 Å². The van der Waals surface area contributed by atoms with E-state index in [0.717, 1.165) is 0 Å². The Morgan fingerprint density at radius 3 is 2.24 bits per heavy atom. The van der Waals surface area contributed by atoms with Gasteiger partial charge in [0.25, 0.3) is 0 Å². The Balaban J connectivity index is 4.12. The van der Waals surface area contributed by atoms with Crippen molar-refractivity contribution >= 4 is 5.97 Å². The monoisotopic (exact) mass is 244 g/mol. The van der Waals surface area contributed by atoms with Crippen LogP contribution in [0.5, 0.6) is 0 Å². The molecule has 0 aliphatic rings. The van der Waals surface area contributed by atoms with E-state index in [1.807, 2.05) is 34.6 Å². The molecule has 1 unspecified atom stereocenters. The number of rotatable bonds is 7. The van der Waals surface area contributed by atoms with E-state index in [1.165, 1.54) is 0 Å². The van der Waals surface area contributed by atoms with Gasteiger partial charge in [-0.25, -0.2) is 14.6 Å². The molecule has 100 valence electrons. The zero-order valence-electron chi connectivity index (χ0n) is 11.7. The van der Waals surface area contributed by atoms with Crippen LogP contribution in [0, 0.1) is 0 Å². The van der Waals surface area contributed by atoms with Crippen molar-refractivity contribution in [1.82, 2.24) is 0 Å². The van der Waals surface area contributed by atoms with E-state index in [0.29, 0.717) is 12.0 Å². The molecule has 4 nitrogen and oxygen atoms in total. The molecule has 0 saturated heterocycles. The fourth-order valence-corrected chi connectivity index (χ4v) is 1.28. The quantitative estimate of drug-likeness (QED) is 0.299. The first kappa shape index (κ1) is 16.1. The summed E-state index contributed by atoms with van der Waals surface area (Å²) < 4.78 is 5.18. The van der Waals surface area contributed by atoms with Gasteiger partial charge < -0.3 is 4.74 Å². The second-order valence-corrected chi connectivity index (χ2v) is 5.19. The molecular formula is C13H24O4. The number of hydrogen-bond acceptors (Lipinski definition) is 4. The average molecular weight is 244 g/mol. The minimum atomic E-state index is -0.501. The second kappa shape index (κ2) is 6.77. The molecule has 1 atom stereocenters. The smallest absolute Gasteiger partial charge is 0.333 e. The zero-order chi connectivity index (χ0) is 13.6. The summed E-state index contributed by atoms with van der Waals surface area (Å²) in [5.41, 5.74) is -0.104. The summed E-state index contributed by atoms with van der Waals surface area (Å²) in [4.78, 5) is 21.7. The van der Waals surface area contributed by atoms with Crippen LogP contribution in [-0.4, -0.2) is 23.8 Å². The van der Waals surface area contributed by atoms with Gasteiger partial charge in [-0.3, -0.25) is 0 Å². The molecule has 0 heterocycles. The van der Waals surface area contributed by atoms with Gasteiger partial charge in [-0.15, -0.1) is 0 Å². The first-order valence-electron chi connectivity index (χ1n) is 5.85. The van der Waals surface area contributed by atoms with Gasteiger partial charge in [0.05, 0.1) is 6.10 Å². The van der Waals surface area contributed by atoms with Gasteiger partial charge in [-0.2, -0.15) is 0 Å². The van der Waals surface area contributed by atoms with E-state index in [4.69, 9.17) is 14.5 Å². The number of hydrogen-bond donors (Lipinski definition) is 0. The molecule has 0 radical (unpaired) electrons. The van der Waals surface area contributed by atoms with E-state index < -0.39 is 5.60 Å². The number of carbonyl (C=O) groups excluding carboxylic acids is 1. The Morgan fingerprint density at radius 2 is 1.82 bits per heavy atom. The minimum absolute atomic E-state index is 0.00236. The van der Waals surface area contributed by atoms with Crippen LogP contribution in [-0.2, 0) is 19.3 Å². The lowest BCUT2D eigenvalue weighted by atomic mass is 10.0. The van der Waals surface area contributed by atoms with Crippen molar-refractivity contribution in [1.29, 1.82) is 0 Å². The first-order valence-corrected chi connectivity index (χ1v) is 5.85. The van der Waals surface area contributed by atoms with Gasteiger partial charge in [-0.05, 0) is 41.5 Å². The van der Waals surface area contributed by atoms with Crippen LogP contribution < -0.4 is 0 Å². The van der Waals surface area contributed by atoms with E-state index in [1.54, 1.807) is 6.92 Å². The summed E-state index contributed by atoms with van der Waals surface area (Å²) in [6, 6.07) is 0. The van der Waals surface area contributed by atoms with Crippen molar-refractivity contribution in [3.8, 4) is 0 Å². The highest BCUT2D eigenvalue weighted by Gasteiger charge is 2.25. The third kappa shape index (κ3) is 7.94. The second-order valence-electron chi connectivity index (χ2n) is 5.19. The maximum atomic E-state index is 11.3. The summed E-state index contributed by atoms with van der Waals surface area (Å²) in [7, 11) is 0. The minimum Gasteiger partial charge on any atom is -0.459 e. The van der Waals surface area contributed by atoms with Crippen molar-refractivity contribution in [3.05, 3.63) is 12.2 Å². The van der Waals surface area contributed by atoms with Crippen LogP contribution in [0.4, 0.5) is 0 Å². The maximum Gasteiger partial charge on any atom is 0.333 e. The SMILES string of the molecule is C=C(C)C(=O)OC(C)CC(C)(C)OOC(C)C. The Labute approximate surface area is 104 Å². The molecule has 4 heteroatoms. The predicted octanol–water partition coefficient (Wildman–Crippen LogP) is 3.02. The maximum absolute atomic E-state index is 11.3. The summed E-state index contributed by atoms with van der Waals surface area (Å²) in [5.74, 6) is -0.377. The normalized spacial score (nSPS) is 13.6. The fraction of sp³-hybridized carbons (Fsp3) is 0.769. The van der Waals surface area contributed by atoms with Gasteiger partial charge in [0.2, 0.25) is 0 Å². The first-order chi connectivity index (χ1) is 7.64. The molecule has 0 aliphatic heterocycles. The van der Waals surface area contributed by atoms with E-state index >= 15 is 0 Å². The summed E-state index contributed by atoms with van der Waals surface area (Å²) in [6.07, 6.45) is 0.311. The highest BCUT2D eigenvalue weighted by atomic mass is 17.2. The number of ether oxygens (including phenoxy) is 1. The lowest BCUT2D eigenvalue weighted by Crippen LogP contribution is -2.32. The molecule has 0 fully saturated rings. The van der Waals surface area contributed by atoms with E-state index in [2.05, 4.69) is 6.58 Å². The summed E-state index contributed by atoms with van der Waals surface area (Å²) in [5, 5.41) is 0. The van der Waals surface area contributed by atoms with E-state index in [-0.39, 0.29) is 18.2 Å². The summed E-state index contributed by atoms with van der Waals surface area (Å²) >= 11 is 0. The third-order valence-electron chi connectivity index (χ3n) is 1.90. The van der Waals surface area contributed by atoms with Gasteiger partial charge in [0.1, 0.15) is 11.7 Å². The molecule has 0 amide bonds. The Hall–Kier alpha value is -0.870. The van der Waals surface area contributed by atoms with Crippen molar-refractivity contribution in [2.45, 2.75) is 65.8 Å². The Bertz CT molecular complexity index is 269. The standard InChI is InChI=1S/C13H24O4/c1-9(2)12(14)15-11(5)8-13(6,7)17-16-10(3)4/h10-11H,1,8H2,2-7H3. The largest absolute Gasteiger partial charge is 0.459 e. The average Bonchev–Trinajstić information content (AvgIpc) is 2.13. The van der Waals surface area contributed by atoms with Crippen molar-refractivity contribution < 1.29 is 19.3 Å². The molecular weight excluding hydrogens is 220 g/mol. The lowest BCUT2D eigenvalue weighted by molar-refractivity contribution is -0.374. The third-order valence-corrected chi connectivity index (χ3v) is 1.90. The lowest BCUT2D eigenvalue weighted by Gasteiger charge is -2.27. The number of esters is 1. The van der Waals surface area contributed by atoms with E-state index in [9.17, 15) is 4.79 Å². The van der Waals surface area contributed by atoms with Crippen LogP contribution >= 0.6 is 0 Å². The van der Waals surface area contributed by atoms with Crippen LogP contribution in [0.2, 0.25) is 0 Å². The molecule has 0 aromatic rings. The van der Waals surface area contributed by atoms with Crippen LogP contribution in [0.25, 0.3) is 0 Å². The molecule has 0 bridgehead atoms. The van der Waals surface area contributed by atoms with Crippen LogP contribution in [0.3, 0.4) is 0 Å². The highest BCUT2D eigenvalue weighted by Crippen LogP contribution is 2.20. The zero-order valence-corrected chi connectivity index (χ0v) is 11.7. The topological polar surface area (TPSA) is 44.8 Å². The fourth-order valence-electron chi connectivity index (χ4n) is 1.28. The van der Waals surface area contributed by atoms with Gasteiger partial charge in [0.15, 0.2) is 0 Å². The molecule has 0 aromatic heterocycles. The molecule has 0 aliphatic carbocycles. The molecule has 17 heavy (non-hydrogen) atoms. The molecule has 0 N–H and O–H groups in total.